The first kappa shape index (κ1) is 19.8. The van der Waals surface area contributed by atoms with Crippen LogP contribution in [0.5, 0.6) is 5.75 Å². The van der Waals surface area contributed by atoms with Gasteiger partial charge in [-0.05, 0) is 38.1 Å². The van der Waals surface area contributed by atoms with Crippen molar-refractivity contribution in [2.24, 2.45) is 7.05 Å². The normalized spacial score (nSPS) is 14.2. The molecule has 1 unspecified atom stereocenters. The van der Waals surface area contributed by atoms with Crippen LogP contribution in [0, 0.1) is 0 Å². The van der Waals surface area contributed by atoms with Gasteiger partial charge >= 0.3 is 6.18 Å². The van der Waals surface area contributed by atoms with E-state index in [2.05, 4.69) is 10.3 Å². The molecule has 2 rings (SSSR count). The Labute approximate surface area is 148 Å². The highest BCUT2D eigenvalue weighted by molar-refractivity contribution is 5.91. The van der Waals surface area contributed by atoms with Gasteiger partial charge in [-0.1, -0.05) is 0 Å². The Morgan fingerprint density at radius 1 is 1.31 bits per heavy atom. The molecule has 0 fully saturated rings. The second kappa shape index (κ2) is 7.36. The third-order valence-corrected chi connectivity index (χ3v) is 3.59. The number of alkyl halides is 3. The minimum Gasteiger partial charge on any atom is -0.491 e. The first-order valence-corrected chi connectivity index (χ1v) is 7.86. The highest BCUT2D eigenvalue weighted by Crippen LogP contribution is 2.40. The Morgan fingerprint density at radius 2 is 1.92 bits per heavy atom. The van der Waals surface area contributed by atoms with Gasteiger partial charge in [-0.25, -0.2) is 4.98 Å². The van der Waals surface area contributed by atoms with Gasteiger partial charge in [0.1, 0.15) is 5.75 Å². The molecule has 0 saturated heterocycles. The number of imidazole rings is 1. The molecular formula is C17H20F3N3O3. The number of aromatic nitrogens is 2. The highest BCUT2D eigenvalue weighted by atomic mass is 19.4. The summed E-state index contributed by atoms with van der Waals surface area (Å²) < 4.78 is 46.7. The quantitative estimate of drug-likeness (QED) is 0.819. The zero-order valence-electron chi connectivity index (χ0n) is 14.5. The number of nitrogens with one attached hydrogen (secondary N) is 1. The minimum absolute atomic E-state index is 0.0324. The Bertz CT molecular complexity index is 757. The minimum atomic E-state index is -5.07. The first-order chi connectivity index (χ1) is 12.0. The Balaban J connectivity index is 2.14. The SMILES string of the molecule is CC(C)Oc1ccc(NC(=O)CC(O)(c2nccn2C)C(F)(F)F)cc1. The van der Waals surface area contributed by atoms with Crippen molar-refractivity contribution < 1.29 is 27.8 Å². The van der Waals surface area contributed by atoms with Gasteiger partial charge < -0.3 is 19.7 Å². The standard InChI is InChI=1S/C17H20F3N3O3/c1-11(2)26-13-6-4-12(5-7-13)22-14(24)10-16(25,17(18,19)20)15-21-8-9-23(15)3/h4-9,11,25H,10H2,1-3H3,(H,22,24). The lowest BCUT2D eigenvalue weighted by Gasteiger charge is -2.29. The van der Waals surface area contributed by atoms with E-state index in [1.165, 1.54) is 25.4 Å². The number of rotatable bonds is 6. The lowest BCUT2D eigenvalue weighted by Crippen LogP contribution is -2.46. The van der Waals surface area contributed by atoms with Gasteiger partial charge in [0.15, 0.2) is 5.82 Å². The van der Waals surface area contributed by atoms with Gasteiger partial charge in [-0.15, -0.1) is 0 Å². The number of aryl methyl sites for hydroxylation is 1. The summed E-state index contributed by atoms with van der Waals surface area (Å²) in [6.07, 6.45) is -3.94. The van der Waals surface area contributed by atoms with Gasteiger partial charge in [0.05, 0.1) is 12.5 Å². The largest absolute Gasteiger partial charge is 0.491 e. The number of carbonyl (C=O) groups is 1. The van der Waals surface area contributed by atoms with Crippen LogP contribution in [0.1, 0.15) is 26.1 Å². The third-order valence-electron chi connectivity index (χ3n) is 3.59. The van der Waals surface area contributed by atoms with E-state index in [0.717, 1.165) is 10.8 Å². The first-order valence-electron chi connectivity index (χ1n) is 7.86. The number of ether oxygens (including phenoxy) is 1. The van der Waals surface area contributed by atoms with Crippen molar-refractivity contribution in [2.45, 2.75) is 38.1 Å². The summed E-state index contributed by atoms with van der Waals surface area (Å²) in [6.45, 7) is 3.70. The van der Waals surface area contributed by atoms with Crippen molar-refractivity contribution >= 4 is 11.6 Å². The molecule has 142 valence electrons. The maximum atomic E-state index is 13.4. The van der Waals surface area contributed by atoms with E-state index >= 15 is 0 Å². The van der Waals surface area contributed by atoms with Crippen molar-refractivity contribution in [1.29, 1.82) is 0 Å². The molecule has 0 saturated carbocycles. The number of nitrogens with zero attached hydrogens (tertiary/aromatic N) is 2. The summed E-state index contributed by atoms with van der Waals surface area (Å²) in [5.41, 5.74) is -3.11. The summed E-state index contributed by atoms with van der Waals surface area (Å²) in [5, 5.41) is 12.5. The average molecular weight is 371 g/mol. The van der Waals surface area contributed by atoms with E-state index in [1.54, 1.807) is 12.1 Å². The zero-order chi connectivity index (χ0) is 19.5. The molecule has 6 nitrogen and oxygen atoms in total. The summed E-state index contributed by atoms with van der Waals surface area (Å²) in [6, 6.07) is 6.18. The predicted octanol–water partition coefficient (Wildman–Crippen LogP) is 2.99. The van der Waals surface area contributed by atoms with Crippen molar-refractivity contribution in [3.63, 3.8) is 0 Å². The molecule has 1 atom stereocenters. The highest BCUT2D eigenvalue weighted by Gasteiger charge is 2.58. The Morgan fingerprint density at radius 3 is 2.38 bits per heavy atom. The van der Waals surface area contributed by atoms with Crippen molar-refractivity contribution in [1.82, 2.24) is 9.55 Å². The van der Waals surface area contributed by atoms with E-state index in [1.807, 2.05) is 13.8 Å². The van der Waals surface area contributed by atoms with Crippen LogP contribution in [0.15, 0.2) is 36.7 Å². The molecule has 1 aromatic heterocycles. The number of benzene rings is 1. The number of carbonyl (C=O) groups excluding carboxylic acids is 1. The molecule has 0 spiro atoms. The number of hydrogen-bond acceptors (Lipinski definition) is 4. The number of anilines is 1. The molecule has 9 heteroatoms. The lowest BCUT2D eigenvalue weighted by molar-refractivity contribution is -0.270. The molecule has 2 N–H and O–H groups in total. The van der Waals surface area contributed by atoms with Gasteiger partial charge in [-0.2, -0.15) is 13.2 Å². The monoisotopic (exact) mass is 371 g/mol. The molecule has 1 heterocycles. The van der Waals surface area contributed by atoms with E-state index in [0.29, 0.717) is 5.75 Å². The molecular weight excluding hydrogens is 351 g/mol. The van der Waals surface area contributed by atoms with Gasteiger partial charge in [0.2, 0.25) is 11.5 Å². The molecule has 1 amide bonds. The lowest BCUT2D eigenvalue weighted by atomic mass is 9.97. The number of hydrogen-bond donors (Lipinski definition) is 2. The van der Waals surface area contributed by atoms with E-state index in [9.17, 15) is 23.1 Å². The van der Waals surface area contributed by atoms with Crippen LogP contribution >= 0.6 is 0 Å². The van der Waals surface area contributed by atoms with Gasteiger partial charge in [0.25, 0.3) is 0 Å². The summed E-state index contributed by atoms with van der Waals surface area (Å²) in [5.74, 6) is -1.08. The smallest absolute Gasteiger partial charge is 0.425 e. The summed E-state index contributed by atoms with van der Waals surface area (Å²) in [7, 11) is 1.31. The summed E-state index contributed by atoms with van der Waals surface area (Å²) in [4.78, 5) is 15.7. The molecule has 0 aliphatic carbocycles. The van der Waals surface area contributed by atoms with Crippen molar-refractivity contribution in [2.75, 3.05) is 5.32 Å². The molecule has 2 aromatic rings. The second-order valence-electron chi connectivity index (χ2n) is 6.14. The zero-order valence-corrected chi connectivity index (χ0v) is 14.5. The fourth-order valence-corrected chi connectivity index (χ4v) is 2.40. The van der Waals surface area contributed by atoms with Crippen LogP contribution in [-0.2, 0) is 17.4 Å². The van der Waals surface area contributed by atoms with Crippen molar-refractivity contribution in [3.05, 3.63) is 42.5 Å². The molecule has 0 bridgehead atoms. The third kappa shape index (κ3) is 4.34. The van der Waals surface area contributed by atoms with E-state index < -0.39 is 29.9 Å². The van der Waals surface area contributed by atoms with Crippen molar-refractivity contribution in [3.8, 4) is 5.75 Å². The molecule has 0 aliphatic rings. The summed E-state index contributed by atoms with van der Waals surface area (Å²) >= 11 is 0. The number of aliphatic hydroxyl groups is 1. The number of halogens is 3. The molecule has 1 aromatic carbocycles. The van der Waals surface area contributed by atoms with Gasteiger partial charge in [-0.3, -0.25) is 4.79 Å². The van der Waals surface area contributed by atoms with E-state index in [4.69, 9.17) is 4.74 Å². The van der Waals surface area contributed by atoms with Crippen LogP contribution < -0.4 is 10.1 Å². The Kier molecular flexibility index (Phi) is 5.60. The topological polar surface area (TPSA) is 76.4 Å². The van der Waals surface area contributed by atoms with Crippen LogP contribution in [0.25, 0.3) is 0 Å². The fraction of sp³-hybridized carbons (Fsp3) is 0.412. The molecule has 0 aliphatic heterocycles. The van der Waals surface area contributed by atoms with Crippen LogP contribution in [0.2, 0.25) is 0 Å². The molecule has 0 radical (unpaired) electrons. The number of amides is 1. The fourth-order valence-electron chi connectivity index (χ4n) is 2.40. The molecule has 26 heavy (non-hydrogen) atoms. The second-order valence-corrected chi connectivity index (χ2v) is 6.14. The van der Waals surface area contributed by atoms with Crippen LogP contribution in [-0.4, -0.2) is 32.8 Å². The average Bonchev–Trinajstić information content (AvgIpc) is 2.94. The van der Waals surface area contributed by atoms with E-state index in [-0.39, 0.29) is 11.8 Å². The maximum Gasteiger partial charge on any atom is 0.425 e. The van der Waals surface area contributed by atoms with Gasteiger partial charge in [0, 0.05) is 25.1 Å². The van der Waals surface area contributed by atoms with Crippen LogP contribution in [0.3, 0.4) is 0 Å². The predicted molar refractivity (Wildman–Crippen MR) is 88.6 cm³/mol. The maximum absolute atomic E-state index is 13.4. The Hall–Kier alpha value is -2.55. The van der Waals surface area contributed by atoms with Crippen LogP contribution in [0.4, 0.5) is 18.9 Å².